The summed E-state index contributed by atoms with van der Waals surface area (Å²) in [6.45, 7) is 2.64. The molecule has 0 fully saturated rings. The molecular weight excluding hydrogens is 230 g/mol. The number of alkyl carbamates (subject to hydrolysis) is 1. The summed E-state index contributed by atoms with van der Waals surface area (Å²) < 4.78 is 4.76. The second kappa shape index (κ2) is 8.15. The number of amides is 1. The molecule has 4 nitrogen and oxygen atoms in total. The number of hydrogen-bond acceptors (Lipinski definition) is 3. The second-order valence-electron chi connectivity index (χ2n) is 3.55. The average Bonchev–Trinajstić information content (AvgIpc) is 2.38. The molecule has 1 amide bonds. The highest BCUT2D eigenvalue weighted by Gasteiger charge is 1.99. The Morgan fingerprint density at radius 1 is 1.39 bits per heavy atom. The topological polar surface area (TPSA) is 58.6 Å². The third-order valence-electron chi connectivity index (χ3n) is 2.14. The third-order valence-corrected chi connectivity index (χ3v) is 2.14. The van der Waals surface area contributed by atoms with Gasteiger partial charge >= 0.3 is 6.09 Å². The summed E-state index contributed by atoms with van der Waals surface area (Å²) in [4.78, 5) is 11.1. The summed E-state index contributed by atoms with van der Waals surface area (Å²) in [5, 5.41) is 11.2. The summed E-state index contributed by atoms with van der Waals surface area (Å²) in [5.74, 6) is 5.78. The first-order chi connectivity index (χ1) is 8.76. The van der Waals surface area contributed by atoms with Crippen LogP contribution in [0.2, 0.25) is 0 Å². The number of benzene rings is 1. The Kier molecular flexibility index (Phi) is 6.37. The van der Waals surface area contributed by atoms with Crippen molar-refractivity contribution in [2.24, 2.45) is 0 Å². The molecule has 0 unspecified atom stereocenters. The Morgan fingerprint density at radius 3 is 2.72 bits per heavy atom. The van der Waals surface area contributed by atoms with E-state index in [2.05, 4.69) is 17.2 Å². The summed E-state index contributed by atoms with van der Waals surface area (Å²) in [5.41, 5.74) is 1.87. The molecule has 0 atom stereocenters. The Hall–Kier alpha value is -1.99. The third kappa shape index (κ3) is 5.37. The van der Waals surface area contributed by atoms with Gasteiger partial charge in [0.2, 0.25) is 0 Å². The number of hydrogen-bond donors (Lipinski definition) is 2. The summed E-state index contributed by atoms with van der Waals surface area (Å²) in [6, 6.07) is 7.56. The number of aliphatic hydroxyl groups is 1. The minimum atomic E-state index is -0.413. The van der Waals surface area contributed by atoms with Gasteiger partial charge in [-0.1, -0.05) is 24.0 Å². The Balaban J connectivity index is 2.46. The van der Waals surface area contributed by atoms with Gasteiger partial charge in [0.15, 0.2) is 0 Å². The van der Waals surface area contributed by atoms with Crippen molar-refractivity contribution in [3.05, 3.63) is 35.4 Å². The van der Waals surface area contributed by atoms with Crippen molar-refractivity contribution in [1.29, 1.82) is 0 Å². The van der Waals surface area contributed by atoms with E-state index in [1.807, 2.05) is 24.3 Å². The van der Waals surface area contributed by atoms with Crippen LogP contribution in [0.5, 0.6) is 0 Å². The van der Waals surface area contributed by atoms with Gasteiger partial charge < -0.3 is 15.2 Å². The van der Waals surface area contributed by atoms with E-state index in [1.165, 1.54) is 0 Å². The summed E-state index contributed by atoms with van der Waals surface area (Å²) in [7, 11) is 0. The van der Waals surface area contributed by atoms with Crippen LogP contribution in [0.25, 0.3) is 0 Å². The predicted molar refractivity (Wildman–Crippen MR) is 68.9 cm³/mol. The molecule has 0 radical (unpaired) electrons. The van der Waals surface area contributed by atoms with E-state index < -0.39 is 6.09 Å². The lowest BCUT2D eigenvalue weighted by Crippen LogP contribution is -2.23. The minimum Gasteiger partial charge on any atom is -0.450 e. The Labute approximate surface area is 107 Å². The molecule has 0 aliphatic carbocycles. The van der Waals surface area contributed by atoms with Crippen molar-refractivity contribution in [2.75, 3.05) is 13.2 Å². The molecule has 0 aliphatic rings. The molecular formula is C14H17NO3. The number of carbonyl (C=O) groups is 1. The number of rotatable bonds is 4. The van der Waals surface area contributed by atoms with E-state index in [-0.39, 0.29) is 6.61 Å². The van der Waals surface area contributed by atoms with Crippen molar-refractivity contribution in [3.63, 3.8) is 0 Å². The van der Waals surface area contributed by atoms with Gasteiger partial charge in [-0.2, -0.15) is 0 Å². The van der Waals surface area contributed by atoms with Gasteiger partial charge in [-0.3, -0.25) is 0 Å². The quantitative estimate of drug-likeness (QED) is 0.796. The lowest BCUT2D eigenvalue weighted by molar-refractivity contribution is 0.151. The molecule has 4 heteroatoms. The Bertz CT molecular complexity index is 429. The molecule has 1 aromatic carbocycles. The van der Waals surface area contributed by atoms with Gasteiger partial charge in [0.25, 0.3) is 0 Å². The smallest absolute Gasteiger partial charge is 0.407 e. The molecule has 1 rings (SSSR count). The van der Waals surface area contributed by atoms with Crippen LogP contribution in [0.15, 0.2) is 24.3 Å². The number of aliphatic hydroxyl groups excluding tert-OH is 1. The monoisotopic (exact) mass is 247 g/mol. The molecule has 0 bridgehead atoms. The molecule has 0 aromatic heterocycles. The van der Waals surface area contributed by atoms with Gasteiger partial charge in [0.1, 0.15) is 0 Å². The van der Waals surface area contributed by atoms with Crippen LogP contribution in [0.1, 0.15) is 24.5 Å². The maximum absolute atomic E-state index is 11.1. The van der Waals surface area contributed by atoms with Gasteiger partial charge in [0.05, 0.1) is 13.2 Å². The first-order valence-electron chi connectivity index (χ1n) is 5.85. The predicted octanol–water partition coefficient (Wildman–Crippen LogP) is 1.67. The SMILES string of the molecule is CCOC(=O)NCc1ccc(C#CCCO)cc1. The molecule has 0 heterocycles. The van der Waals surface area contributed by atoms with Crippen LogP contribution in [0.3, 0.4) is 0 Å². The summed E-state index contributed by atoms with van der Waals surface area (Å²) in [6.07, 6.45) is 0.0657. The van der Waals surface area contributed by atoms with Crippen LogP contribution < -0.4 is 5.32 Å². The van der Waals surface area contributed by atoms with Crippen molar-refractivity contribution in [3.8, 4) is 11.8 Å². The number of carbonyl (C=O) groups excluding carboxylic acids is 1. The summed E-state index contributed by atoms with van der Waals surface area (Å²) >= 11 is 0. The van der Waals surface area contributed by atoms with Crippen LogP contribution in [-0.4, -0.2) is 24.4 Å². The van der Waals surface area contributed by atoms with Crippen molar-refractivity contribution >= 4 is 6.09 Å². The van der Waals surface area contributed by atoms with Crippen LogP contribution in [-0.2, 0) is 11.3 Å². The molecule has 18 heavy (non-hydrogen) atoms. The van der Waals surface area contributed by atoms with Gasteiger partial charge in [-0.25, -0.2) is 4.79 Å². The highest BCUT2D eigenvalue weighted by atomic mass is 16.5. The fourth-order valence-corrected chi connectivity index (χ4v) is 1.28. The second-order valence-corrected chi connectivity index (χ2v) is 3.55. The van der Waals surface area contributed by atoms with E-state index in [0.717, 1.165) is 11.1 Å². The normalized spacial score (nSPS) is 9.22. The zero-order chi connectivity index (χ0) is 13.2. The highest BCUT2D eigenvalue weighted by molar-refractivity contribution is 5.67. The zero-order valence-corrected chi connectivity index (χ0v) is 10.4. The fourth-order valence-electron chi connectivity index (χ4n) is 1.28. The van der Waals surface area contributed by atoms with E-state index in [0.29, 0.717) is 19.6 Å². The molecule has 1 aromatic rings. The first kappa shape index (κ1) is 14.1. The van der Waals surface area contributed by atoms with Crippen LogP contribution in [0, 0.1) is 11.8 Å². The lowest BCUT2D eigenvalue weighted by atomic mass is 10.1. The largest absolute Gasteiger partial charge is 0.450 e. The zero-order valence-electron chi connectivity index (χ0n) is 10.4. The molecule has 2 N–H and O–H groups in total. The lowest BCUT2D eigenvalue weighted by Gasteiger charge is -2.05. The molecule has 0 saturated heterocycles. The molecule has 0 aliphatic heterocycles. The van der Waals surface area contributed by atoms with E-state index in [9.17, 15) is 4.79 Å². The minimum absolute atomic E-state index is 0.0779. The molecule has 96 valence electrons. The number of ether oxygens (including phenoxy) is 1. The first-order valence-corrected chi connectivity index (χ1v) is 5.85. The number of nitrogens with one attached hydrogen (secondary N) is 1. The molecule has 0 saturated carbocycles. The van der Waals surface area contributed by atoms with Gasteiger partial charge in [-0.15, -0.1) is 0 Å². The van der Waals surface area contributed by atoms with Crippen molar-refractivity contribution in [2.45, 2.75) is 19.9 Å². The van der Waals surface area contributed by atoms with E-state index >= 15 is 0 Å². The van der Waals surface area contributed by atoms with Crippen molar-refractivity contribution in [1.82, 2.24) is 5.32 Å². The maximum atomic E-state index is 11.1. The maximum Gasteiger partial charge on any atom is 0.407 e. The van der Waals surface area contributed by atoms with E-state index in [4.69, 9.17) is 9.84 Å². The van der Waals surface area contributed by atoms with Gasteiger partial charge in [-0.05, 0) is 24.6 Å². The highest BCUT2D eigenvalue weighted by Crippen LogP contribution is 2.03. The van der Waals surface area contributed by atoms with Crippen molar-refractivity contribution < 1.29 is 14.6 Å². The van der Waals surface area contributed by atoms with Gasteiger partial charge in [0, 0.05) is 18.5 Å². The molecule has 0 spiro atoms. The van der Waals surface area contributed by atoms with Crippen LogP contribution in [0.4, 0.5) is 4.79 Å². The van der Waals surface area contributed by atoms with E-state index in [1.54, 1.807) is 6.92 Å². The Morgan fingerprint density at radius 2 is 2.11 bits per heavy atom. The van der Waals surface area contributed by atoms with Crippen LogP contribution >= 0.6 is 0 Å². The standard InChI is InChI=1S/C14H17NO3/c1-2-18-14(17)15-11-13-8-6-12(7-9-13)5-3-4-10-16/h6-9,16H,2,4,10-11H2,1H3,(H,15,17). The average molecular weight is 247 g/mol. The fraction of sp³-hybridized carbons (Fsp3) is 0.357.